The number of carbonyl (C=O) groups excluding carboxylic acids is 2. The third-order valence-corrected chi connectivity index (χ3v) is 5.70. The number of likely N-dealkylation sites (tertiary alicyclic amines) is 1. The monoisotopic (exact) mass is 337 g/mol. The molecule has 1 saturated carbocycles. The van der Waals surface area contributed by atoms with E-state index in [1.54, 1.807) is 18.0 Å². The molecule has 3 rings (SSSR count). The van der Waals surface area contributed by atoms with Gasteiger partial charge in [-0.2, -0.15) is 0 Å². The second kappa shape index (κ2) is 6.97. The van der Waals surface area contributed by atoms with Crippen LogP contribution < -0.4 is 5.32 Å². The highest BCUT2D eigenvalue weighted by molar-refractivity contribution is 7.07. The first-order valence-corrected chi connectivity index (χ1v) is 9.07. The standard InChI is InChI=1S/C16H23N3O3S/c1-22-9-8-19-14(20)4-7-16(19)5-2-12(3-6-16)18-15(21)13-10-23-11-17-13/h10-12H,2-9H2,1H3,(H,18,21). The molecule has 0 radical (unpaired) electrons. The lowest BCUT2D eigenvalue weighted by Crippen LogP contribution is -2.52. The van der Waals surface area contributed by atoms with Gasteiger partial charge in [-0.1, -0.05) is 0 Å². The molecule has 7 heteroatoms. The summed E-state index contributed by atoms with van der Waals surface area (Å²) in [6.07, 6.45) is 5.29. The van der Waals surface area contributed by atoms with Crippen molar-refractivity contribution in [1.29, 1.82) is 0 Å². The molecule has 1 N–H and O–H groups in total. The molecule has 0 bridgehead atoms. The van der Waals surface area contributed by atoms with Crippen LogP contribution in [-0.4, -0.2) is 53.5 Å². The Bertz CT molecular complexity index is 553. The molecule has 2 aliphatic rings. The van der Waals surface area contributed by atoms with Gasteiger partial charge in [0.1, 0.15) is 5.69 Å². The fraction of sp³-hybridized carbons (Fsp3) is 0.688. The molecule has 1 aromatic heterocycles. The highest BCUT2D eigenvalue weighted by Gasteiger charge is 2.46. The van der Waals surface area contributed by atoms with Gasteiger partial charge in [0.25, 0.3) is 5.91 Å². The topological polar surface area (TPSA) is 71.5 Å². The van der Waals surface area contributed by atoms with Crippen LogP contribution in [0.1, 0.15) is 49.0 Å². The summed E-state index contributed by atoms with van der Waals surface area (Å²) in [5.74, 6) is 0.151. The van der Waals surface area contributed by atoms with Crippen LogP contribution in [0.25, 0.3) is 0 Å². The Morgan fingerprint density at radius 1 is 1.48 bits per heavy atom. The number of hydrogen-bond donors (Lipinski definition) is 1. The Morgan fingerprint density at radius 2 is 2.26 bits per heavy atom. The zero-order valence-corrected chi connectivity index (χ0v) is 14.2. The highest BCUT2D eigenvalue weighted by Crippen LogP contribution is 2.42. The number of nitrogens with one attached hydrogen (secondary N) is 1. The van der Waals surface area contributed by atoms with Crippen LogP contribution in [0, 0.1) is 0 Å². The summed E-state index contributed by atoms with van der Waals surface area (Å²) in [7, 11) is 1.66. The normalized spacial score (nSPS) is 27.6. The van der Waals surface area contributed by atoms with Crippen molar-refractivity contribution in [1.82, 2.24) is 15.2 Å². The van der Waals surface area contributed by atoms with Gasteiger partial charge in [-0.05, 0) is 32.1 Å². The summed E-state index contributed by atoms with van der Waals surface area (Å²) in [5.41, 5.74) is 2.15. The minimum atomic E-state index is -0.0917. The molecule has 23 heavy (non-hydrogen) atoms. The molecule has 1 spiro atoms. The first-order chi connectivity index (χ1) is 11.1. The fourth-order valence-electron chi connectivity index (χ4n) is 3.82. The molecule has 2 heterocycles. The third kappa shape index (κ3) is 3.40. The van der Waals surface area contributed by atoms with Crippen molar-refractivity contribution >= 4 is 23.2 Å². The van der Waals surface area contributed by atoms with E-state index in [0.717, 1.165) is 32.1 Å². The van der Waals surface area contributed by atoms with Crippen molar-refractivity contribution in [3.05, 3.63) is 16.6 Å². The maximum Gasteiger partial charge on any atom is 0.270 e. The van der Waals surface area contributed by atoms with Gasteiger partial charge >= 0.3 is 0 Å². The molecular weight excluding hydrogens is 314 g/mol. The van der Waals surface area contributed by atoms with Crippen LogP contribution in [0.5, 0.6) is 0 Å². The molecule has 0 atom stereocenters. The third-order valence-electron chi connectivity index (χ3n) is 5.11. The Balaban J connectivity index is 1.57. The van der Waals surface area contributed by atoms with Crippen molar-refractivity contribution in [2.75, 3.05) is 20.3 Å². The van der Waals surface area contributed by atoms with E-state index in [1.807, 2.05) is 4.90 Å². The summed E-state index contributed by atoms with van der Waals surface area (Å²) in [6.45, 7) is 1.25. The van der Waals surface area contributed by atoms with Crippen molar-refractivity contribution in [2.45, 2.75) is 50.1 Å². The summed E-state index contributed by atoms with van der Waals surface area (Å²) < 4.78 is 5.14. The largest absolute Gasteiger partial charge is 0.383 e. The number of amides is 2. The van der Waals surface area contributed by atoms with E-state index < -0.39 is 0 Å². The smallest absolute Gasteiger partial charge is 0.270 e. The number of nitrogens with zero attached hydrogens (tertiary/aromatic N) is 2. The number of carbonyl (C=O) groups is 2. The molecule has 126 valence electrons. The Kier molecular flexibility index (Phi) is 4.96. The molecule has 6 nitrogen and oxygen atoms in total. The van der Waals surface area contributed by atoms with Crippen LogP contribution in [0.4, 0.5) is 0 Å². The molecule has 2 fully saturated rings. The van der Waals surface area contributed by atoms with E-state index in [1.165, 1.54) is 11.3 Å². The van der Waals surface area contributed by atoms with Gasteiger partial charge in [-0.3, -0.25) is 9.59 Å². The molecule has 0 unspecified atom stereocenters. The van der Waals surface area contributed by atoms with Crippen LogP contribution in [0.2, 0.25) is 0 Å². The Labute approximate surface area is 140 Å². The van der Waals surface area contributed by atoms with Crippen molar-refractivity contribution in [3.8, 4) is 0 Å². The average molecular weight is 337 g/mol. The van der Waals surface area contributed by atoms with Crippen molar-refractivity contribution in [3.63, 3.8) is 0 Å². The molecule has 1 aromatic rings. The summed E-state index contributed by atoms with van der Waals surface area (Å²) in [5, 5.41) is 4.84. The number of ether oxygens (including phenoxy) is 1. The van der Waals surface area contributed by atoms with Gasteiger partial charge in [0.2, 0.25) is 5.91 Å². The molecule has 2 amide bonds. The first-order valence-electron chi connectivity index (χ1n) is 8.13. The van der Waals surface area contributed by atoms with Gasteiger partial charge < -0.3 is 15.0 Å². The van der Waals surface area contributed by atoms with Crippen molar-refractivity contribution < 1.29 is 14.3 Å². The van der Waals surface area contributed by atoms with E-state index in [2.05, 4.69) is 10.3 Å². The van der Waals surface area contributed by atoms with Crippen LogP contribution in [0.15, 0.2) is 10.9 Å². The lowest BCUT2D eigenvalue weighted by atomic mass is 9.77. The van der Waals surface area contributed by atoms with Gasteiger partial charge in [0.15, 0.2) is 0 Å². The van der Waals surface area contributed by atoms with E-state index >= 15 is 0 Å². The number of thiazole rings is 1. The van der Waals surface area contributed by atoms with Gasteiger partial charge in [0.05, 0.1) is 12.1 Å². The first kappa shape index (κ1) is 16.4. The van der Waals surface area contributed by atoms with Gasteiger partial charge in [-0.25, -0.2) is 4.98 Å². The van der Waals surface area contributed by atoms with E-state index in [4.69, 9.17) is 4.74 Å². The molecule has 1 aliphatic heterocycles. The molecule has 1 aliphatic carbocycles. The summed E-state index contributed by atoms with van der Waals surface area (Å²) in [6, 6.07) is 0.176. The Hall–Kier alpha value is -1.47. The van der Waals surface area contributed by atoms with E-state index in [9.17, 15) is 9.59 Å². The summed E-state index contributed by atoms with van der Waals surface area (Å²) in [4.78, 5) is 30.3. The van der Waals surface area contributed by atoms with Crippen molar-refractivity contribution in [2.24, 2.45) is 0 Å². The van der Waals surface area contributed by atoms with Gasteiger partial charge in [-0.15, -0.1) is 11.3 Å². The minimum absolute atomic E-state index is 0.0164. The van der Waals surface area contributed by atoms with E-state index in [0.29, 0.717) is 25.3 Å². The lowest BCUT2D eigenvalue weighted by Gasteiger charge is -2.43. The number of methoxy groups -OCH3 is 1. The molecule has 0 aromatic carbocycles. The second-order valence-corrected chi connectivity index (χ2v) is 7.10. The zero-order valence-electron chi connectivity index (χ0n) is 13.4. The minimum Gasteiger partial charge on any atom is -0.383 e. The maximum atomic E-state index is 12.2. The predicted molar refractivity (Wildman–Crippen MR) is 87.4 cm³/mol. The van der Waals surface area contributed by atoms with Gasteiger partial charge in [0, 0.05) is 37.0 Å². The number of hydrogen-bond acceptors (Lipinski definition) is 5. The van der Waals surface area contributed by atoms with Crippen LogP contribution in [0.3, 0.4) is 0 Å². The average Bonchev–Trinajstić information content (AvgIpc) is 3.18. The number of aromatic nitrogens is 1. The summed E-state index contributed by atoms with van der Waals surface area (Å²) >= 11 is 1.43. The SMILES string of the molecule is COCCN1C(=O)CCC12CCC(NC(=O)c1cscn1)CC2. The van der Waals surface area contributed by atoms with Crippen LogP contribution in [-0.2, 0) is 9.53 Å². The molecule has 1 saturated heterocycles. The van der Waals surface area contributed by atoms with Crippen LogP contribution >= 0.6 is 11.3 Å². The lowest BCUT2D eigenvalue weighted by molar-refractivity contribution is -0.133. The second-order valence-electron chi connectivity index (χ2n) is 6.38. The zero-order chi connectivity index (χ0) is 16.3. The maximum absolute atomic E-state index is 12.2. The Morgan fingerprint density at radius 3 is 2.91 bits per heavy atom. The predicted octanol–water partition coefficient (Wildman–Crippen LogP) is 1.82. The molecular formula is C16H23N3O3S. The van der Waals surface area contributed by atoms with E-state index in [-0.39, 0.29) is 23.4 Å². The number of rotatable bonds is 5. The fourth-order valence-corrected chi connectivity index (χ4v) is 4.35. The highest BCUT2D eigenvalue weighted by atomic mass is 32.1. The quantitative estimate of drug-likeness (QED) is 0.890.